The highest BCUT2D eigenvalue weighted by molar-refractivity contribution is 9.10. The number of hydrogen-bond acceptors (Lipinski definition) is 3. The minimum atomic E-state index is -0.136. The maximum absolute atomic E-state index is 12.6. The van der Waals surface area contributed by atoms with Crippen LogP contribution < -0.4 is 10.2 Å². The molecular formula is C19H24BrN3O. The lowest BCUT2D eigenvalue weighted by Gasteiger charge is -2.23. The van der Waals surface area contributed by atoms with Gasteiger partial charge in [0, 0.05) is 29.4 Å². The second-order valence-corrected chi connectivity index (χ2v) is 6.75. The zero-order valence-electron chi connectivity index (χ0n) is 14.5. The molecule has 1 N–H and O–H groups in total. The van der Waals surface area contributed by atoms with Gasteiger partial charge in [-0.25, -0.2) is 0 Å². The highest BCUT2D eigenvalue weighted by atomic mass is 79.9. The Morgan fingerprint density at radius 3 is 2.50 bits per heavy atom. The fourth-order valence-corrected chi connectivity index (χ4v) is 3.07. The van der Waals surface area contributed by atoms with Crippen LogP contribution >= 0.6 is 15.9 Å². The molecule has 0 atom stereocenters. The molecule has 0 aliphatic carbocycles. The van der Waals surface area contributed by atoms with Crippen LogP contribution in [-0.2, 0) is 0 Å². The van der Waals surface area contributed by atoms with Gasteiger partial charge in [0.1, 0.15) is 0 Å². The first-order chi connectivity index (χ1) is 11.5. The first-order valence-corrected chi connectivity index (χ1v) is 9.12. The van der Waals surface area contributed by atoms with Crippen molar-refractivity contribution in [3.05, 3.63) is 52.3 Å². The lowest BCUT2D eigenvalue weighted by atomic mass is 10.2. The Hall–Kier alpha value is -1.88. The third kappa shape index (κ3) is 4.81. The average Bonchev–Trinajstić information content (AvgIpc) is 2.57. The van der Waals surface area contributed by atoms with E-state index >= 15 is 0 Å². The van der Waals surface area contributed by atoms with Gasteiger partial charge in [-0.15, -0.1) is 0 Å². The predicted octanol–water partition coefficient (Wildman–Crippen LogP) is 5.03. The van der Waals surface area contributed by atoms with Crippen molar-refractivity contribution in [3.8, 4) is 0 Å². The Labute approximate surface area is 152 Å². The number of carbonyl (C=O) groups excluding carboxylic acids is 1. The summed E-state index contributed by atoms with van der Waals surface area (Å²) in [7, 11) is 0. The maximum Gasteiger partial charge on any atom is 0.257 e. The van der Waals surface area contributed by atoms with E-state index in [0.29, 0.717) is 5.56 Å². The fourth-order valence-electron chi connectivity index (χ4n) is 2.60. The molecule has 1 amide bonds. The van der Waals surface area contributed by atoms with E-state index in [1.165, 1.54) is 0 Å². The van der Waals surface area contributed by atoms with Gasteiger partial charge in [0.2, 0.25) is 0 Å². The molecule has 0 fully saturated rings. The molecule has 1 heterocycles. The van der Waals surface area contributed by atoms with Gasteiger partial charge in [-0.3, -0.25) is 9.78 Å². The number of nitrogens with one attached hydrogen (secondary N) is 1. The smallest absolute Gasteiger partial charge is 0.257 e. The number of anilines is 2. The van der Waals surface area contributed by atoms with Gasteiger partial charge < -0.3 is 10.2 Å². The Morgan fingerprint density at radius 1 is 1.17 bits per heavy atom. The van der Waals surface area contributed by atoms with Gasteiger partial charge in [0.15, 0.2) is 0 Å². The Bertz CT molecular complexity index is 697. The van der Waals surface area contributed by atoms with Gasteiger partial charge in [-0.1, -0.05) is 29.8 Å². The topological polar surface area (TPSA) is 45.2 Å². The molecule has 2 rings (SSSR count). The molecule has 0 saturated heterocycles. The summed E-state index contributed by atoms with van der Waals surface area (Å²) in [6.07, 6.45) is 5.57. The Balaban J connectivity index is 2.19. The molecule has 0 aliphatic rings. The van der Waals surface area contributed by atoms with E-state index in [-0.39, 0.29) is 5.91 Å². The molecule has 0 unspecified atom stereocenters. The SMILES string of the molecule is CCCN(CCC)c1cncc(C(=O)Nc2ccc(Br)cc2C)c1. The summed E-state index contributed by atoms with van der Waals surface area (Å²) in [5, 5.41) is 2.97. The van der Waals surface area contributed by atoms with Crippen LogP contribution in [-0.4, -0.2) is 24.0 Å². The van der Waals surface area contributed by atoms with Crippen LogP contribution in [0.2, 0.25) is 0 Å². The lowest BCUT2D eigenvalue weighted by molar-refractivity contribution is 0.102. The van der Waals surface area contributed by atoms with E-state index in [1.807, 2.05) is 37.4 Å². The highest BCUT2D eigenvalue weighted by Crippen LogP contribution is 2.21. The summed E-state index contributed by atoms with van der Waals surface area (Å²) in [5.74, 6) is -0.136. The summed E-state index contributed by atoms with van der Waals surface area (Å²) < 4.78 is 0.997. The Kier molecular flexibility index (Phi) is 6.79. The highest BCUT2D eigenvalue weighted by Gasteiger charge is 2.12. The number of halogens is 1. The maximum atomic E-state index is 12.6. The monoisotopic (exact) mass is 389 g/mol. The second-order valence-electron chi connectivity index (χ2n) is 5.83. The van der Waals surface area contributed by atoms with Gasteiger partial charge >= 0.3 is 0 Å². The second kappa shape index (κ2) is 8.83. The van der Waals surface area contributed by atoms with Crippen LogP contribution in [0.25, 0.3) is 0 Å². The van der Waals surface area contributed by atoms with Crippen molar-refractivity contribution < 1.29 is 4.79 Å². The first-order valence-electron chi connectivity index (χ1n) is 8.32. The average molecular weight is 390 g/mol. The zero-order chi connectivity index (χ0) is 17.5. The lowest BCUT2D eigenvalue weighted by Crippen LogP contribution is -2.25. The number of rotatable bonds is 7. The Morgan fingerprint density at radius 2 is 1.88 bits per heavy atom. The van der Waals surface area contributed by atoms with E-state index in [9.17, 15) is 4.79 Å². The summed E-state index contributed by atoms with van der Waals surface area (Å²) >= 11 is 3.43. The minimum absolute atomic E-state index is 0.136. The standard InChI is InChI=1S/C19H24BrN3O/c1-4-8-23(9-5-2)17-11-15(12-21-13-17)19(24)22-18-7-6-16(20)10-14(18)3/h6-7,10-13H,4-5,8-9H2,1-3H3,(H,22,24). The minimum Gasteiger partial charge on any atom is -0.370 e. The number of benzene rings is 1. The van der Waals surface area contributed by atoms with E-state index in [1.54, 1.807) is 6.20 Å². The molecular weight excluding hydrogens is 366 g/mol. The fraction of sp³-hybridized carbons (Fsp3) is 0.368. The van der Waals surface area contributed by atoms with Gasteiger partial charge in [-0.05, 0) is 49.6 Å². The number of amides is 1. The van der Waals surface area contributed by atoms with Crippen molar-refractivity contribution in [2.24, 2.45) is 0 Å². The van der Waals surface area contributed by atoms with E-state index < -0.39 is 0 Å². The summed E-state index contributed by atoms with van der Waals surface area (Å²) in [5.41, 5.74) is 3.40. The number of nitrogens with zero attached hydrogens (tertiary/aromatic N) is 2. The number of hydrogen-bond donors (Lipinski definition) is 1. The molecule has 0 radical (unpaired) electrons. The molecule has 2 aromatic rings. The number of carbonyl (C=O) groups is 1. The van der Waals surface area contributed by atoms with Gasteiger partial charge in [0.05, 0.1) is 17.4 Å². The normalized spacial score (nSPS) is 10.5. The van der Waals surface area contributed by atoms with Crippen molar-refractivity contribution in [1.82, 2.24) is 4.98 Å². The molecule has 0 spiro atoms. The molecule has 1 aromatic heterocycles. The third-order valence-corrected chi connectivity index (χ3v) is 4.27. The van der Waals surface area contributed by atoms with E-state index in [4.69, 9.17) is 0 Å². The first kappa shape index (κ1) is 18.5. The summed E-state index contributed by atoms with van der Waals surface area (Å²) in [6.45, 7) is 8.21. The van der Waals surface area contributed by atoms with Crippen molar-refractivity contribution in [2.75, 3.05) is 23.3 Å². The van der Waals surface area contributed by atoms with Crippen molar-refractivity contribution in [3.63, 3.8) is 0 Å². The molecule has 0 bridgehead atoms. The van der Waals surface area contributed by atoms with Crippen molar-refractivity contribution in [2.45, 2.75) is 33.6 Å². The largest absolute Gasteiger partial charge is 0.370 e. The van der Waals surface area contributed by atoms with Crippen LogP contribution in [0.5, 0.6) is 0 Å². The zero-order valence-corrected chi connectivity index (χ0v) is 16.1. The molecule has 128 valence electrons. The van der Waals surface area contributed by atoms with Crippen molar-refractivity contribution >= 4 is 33.2 Å². The van der Waals surface area contributed by atoms with Crippen LogP contribution in [0.15, 0.2) is 41.1 Å². The van der Waals surface area contributed by atoms with E-state index in [2.05, 4.69) is 45.0 Å². The van der Waals surface area contributed by atoms with Crippen molar-refractivity contribution in [1.29, 1.82) is 0 Å². The third-order valence-electron chi connectivity index (χ3n) is 3.77. The number of aryl methyl sites for hydroxylation is 1. The quantitative estimate of drug-likeness (QED) is 0.721. The number of aromatic nitrogens is 1. The van der Waals surface area contributed by atoms with Gasteiger partial charge in [0.25, 0.3) is 5.91 Å². The molecule has 0 aliphatic heterocycles. The van der Waals surface area contributed by atoms with Crippen LogP contribution in [0.1, 0.15) is 42.6 Å². The molecule has 0 saturated carbocycles. The summed E-state index contributed by atoms with van der Waals surface area (Å²) in [4.78, 5) is 19.1. The molecule has 5 heteroatoms. The van der Waals surface area contributed by atoms with Gasteiger partial charge in [-0.2, -0.15) is 0 Å². The van der Waals surface area contributed by atoms with Crippen LogP contribution in [0.4, 0.5) is 11.4 Å². The molecule has 1 aromatic carbocycles. The van der Waals surface area contributed by atoms with Crippen LogP contribution in [0.3, 0.4) is 0 Å². The molecule has 4 nitrogen and oxygen atoms in total. The molecule has 24 heavy (non-hydrogen) atoms. The number of pyridine rings is 1. The summed E-state index contributed by atoms with van der Waals surface area (Å²) in [6, 6.07) is 7.72. The van der Waals surface area contributed by atoms with E-state index in [0.717, 1.165) is 47.3 Å². The predicted molar refractivity (Wildman–Crippen MR) is 104 cm³/mol. The van der Waals surface area contributed by atoms with Crippen LogP contribution in [0, 0.1) is 6.92 Å².